The van der Waals surface area contributed by atoms with E-state index in [1.807, 2.05) is 36.4 Å². The Balaban J connectivity index is 2.19. The first-order valence-corrected chi connectivity index (χ1v) is 6.97. The molecule has 1 aliphatic heterocycles. The molecule has 0 aliphatic carbocycles. The van der Waals surface area contributed by atoms with Crippen molar-refractivity contribution in [2.75, 3.05) is 17.3 Å². The molecule has 0 radical (unpaired) electrons. The van der Waals surface area contributed by atoms with Crippen molar-refractivity contribution in [1.29, 1.82) is 0 Å². The van der Waals surface area contributed by atoms with Crippen LogP contribution in [0.4, 0.5) is 17.1 Å². The van der Waals surface area contributed by atoms with Crippen LogP contribution < -0.4 is 10.2 Å². The molecule has 2 aromatic rings. The largest absolute Gasteiger partial charge is 0.342 e. The summed E-state index contributed by atoms with van der Waals surface area (Å²) in [6.45, 7) is 0. The first-order chi connectivity index (χ1) is 10.2. The number of para-hydroxylation sites is 1. The Morgan fingerprint density at radius 2 is 1.95 bits per heavy atom. The number of carbonyl (C=O) groups is 1. The molecule has 0 bridgehead atoms. The SMILES string of the molecule is CN=C1CC(=O)N(c2ccccc2)c2cc(Cl)ccc2N1. The molecule has 0 saturated carbocycles. The van der Waals surface area contributed by atoms with Crippen LogP contribution in [0.25, 0.3) is 0 Å². The highest BCUT2D eigenvalue weighted by Gasteiger charge is 2.26. The Bertz CT molecular complexity index is 713. The van der Waals surface area contributed by atoms with E-state index in [9.17, 15) is 4.79 Å². The van der Waals surface area contributed by atoms with E-state index in [1.54, 1.807) is 24.1 Å². The summed E-state index contributed by atoms with van der Waals surface area (Å²) in [5.41, 5.74) is 2.36. The molecule has 4 nitrogen and oxygen atoms in total. The minimum absolute atomic E-state index is 0.0460. The molecule has 21 heavy (non-hydrogen) atoms. The Morgan fingerprint density at radius 1 is 1.19 bits per heavy atom. The summed E-state index contributed by atoms with van der Waals surface area (Å²) >= 11 is 6.10. The number of anilines is 3. The van der Waals surface area contributed by atoms with E-state index in [-0.39, 0.29) is 12.3 Å². The molecule has 1 aliphatic rings. The molecule has 106 valence electrons. The van der Waals surface area contributed by atoms with Crippen LogP contribution in [-0.2, 0) is 4.79 Å². The summed E-state index contributed by atoms with van der Waals surface area (Å²) < 4.78 is 0. The molecule has 0 saturated heterocycles. The monoisotopic (exact) mass is 299 g/mol. The van der Waals surface area contributed by atoms with Gasteiger partial charge in [-0.1, -0.05) is 29.8 Å². The summed E-state index contributed by atoms with van der Waals surface area (Å²) in [6, 6.07) is 15.0. The third-order valence-corrected chi connectivity index (χ3v) is 3.57. The molecule has 1 amide bonds. The van der Waals surface area contributed by atoms with Gasteiger partial charge in [-0.3, -0.25) is 14.7 Å². The van der Waals surface area contributed by atoms with Gasteiger partial charge in [0.15, 0.2) is 0 Å². The molecule has 0 fully saturated rings. The number of hydrogen-bond acceptors (Lipinski definition) is 2. The van der Waals surface area contributed by atoms with E-state index < -0.39 is 0 Å². The molecule has 0 unspecified atom stereocenters. The maximum absolute atomic E-state index is 12.6. The second-order valence-corrected chi connectivity index (χ2v) is 5.13. The van der Waals surface area contributed by atoms with Crippen molar-refractivity contribution in [2.45, 2.75) is 6.42 Å². The van der Waals surface area contributed by atoms with E-state index in [4.69, 9.17) is 11.6 Å². The molecule has 5 heteroatoms. The van der Waals surface area contributed by atoms with Gasteiger partial charge < -0.3 is 5.32 Å². The maximum atomic E-state index is 12.6. The lowest BCUT2D eigenvalue weighted by Gasteiger charge is -2.22. The number of benzene rings is 2. The first-order valence-electron chi connectivity index (χ1n) is 6.59. The molecule has 2 aromatic carbocycles. The third-order valence-electron chi connectivity index (χ3n) is 3.33. The minimum Gasteiger partial charge on any atom is -0.342 e. The van der Waals surface area contributed by atoms with Crippen molar-refractivity contribution in [1.82, 2.24) is 0 Å². The van der Waals surface area contributed by atoms with Crippen LogP contribution in [0.2, 0.25) is 5.02 Å². The lowest BCUT2D eigenvalue weighted by Crippen LogP contribution is -2.26. The molecule has 0 atom stereocenters. The van der Waals surface area contributed by atoms with Crippen molar-refractivity contribution >= 4 is 40.4 Å². The fourth-order valence-electron chi connectivity index (χ4n) is 2.35. The van der Waals surface area contributed by atoms with Crippen LogP contribution in [-0.4, -0.2) is 18.8 Å². The normalized spacial score (nSPS) is 16.4. The van der Waals surface area contributed by atoms with Gasteiger partial charge in [-0.2, -0.15) is 0 Å². The molecule has 1 heterocycles. The number of nitrogens with zero attached hydrogens (tertiary/aromatic N) is 2. The Labute approximate surface area is 128 Å². The van der Waals surface area contributed by atoms with Gasteiger partial charge in [0.1, 0.15) is 5.84 Å². The van der Waals surface area contributed by atoms with Gasteiger partial charge in [0.2, 0.25) is 5.91 Å². The van der Waals surface area contributed by atoms with Crippen LogP contribution in [0.5, 0.6) is 0 Å². The second-order valence-electron chi connectivity index (χ2n) is 4.70. The van der Waals surface area contributed by atoms with Gasteiger partial charge in [-0.15, -0.1) is 0 Å². The summed E-state index contributed by atoms with van der Waals surface area (Å²) in [5, 5.41) is 3.78. The van der Waals surface area contributed by atoms with Crippen LogP contribution in [0.1, 0.15) is 6.42 Å². The lowest BCUT2D eigenvalue weighted by atomic mass is 10.2. The predicted molar refractivity (Wildman–Crippen MR) is 86.6 cm³/mol. The van der Waals surface area contributed by atoms with Crippen LogP contribution in [0.15, 0.2) is 53.5 Å². The Hall–Kier alpha value is -2.33. The lowest BCUT2D eigenvalue weighted by molar-refractivity contribution is -0.116. The van der Waals surface area contributed by atoms with Crippen molar-refractivity contribution in [2.24, 2.45) is 4.99 Å². The zero-order valence-electron chi connectivity index (χ0n) is 11.5. The highest BCUT2D eigenvalue weighted by atomic mass is 35.5. The van der Waals surface area contributed by atoms with Crippen molar-refractivity contribution in [3.63, 3.8) is 0 Å². The molecule has 0 spiro atoms. The van der Waals surface area contributed by atoms with Crippen LogP contribution >= 0.6 is 11.6 Å². The quantitative estimate of drug-likeness (QED) is 0.869. The summed E-state index contributed by atoms with van der Waals surface area (Å²) in [5.74, 6) is 0.595. The standard InChI is InChI=1S/C16H14ClN3O/c1-18-15-10-16(21)20(12-5-3-2-4-6-12)14-9-11(17)7-8-13(14)19-15/h2-9H,10H2,1H3,(H,18,19). The molecule has 3 rings (SSSR count). The molecule has 0 aromatic heterocycles. The highest BCUT2D eigenvalue weighted by molar-refractivity contribution is 6.31. The number of fused-ring (bicyclic) bond motifs is 1. The number of nitrogens with one attached hydrogen (secondary N) is 1. The van der Waals surface area contributed by atoms with Gasteiger partial charge in [-0.25, -0.2) is 0 Å². The van der Waals surface area contributed by atoms with Crippen molar-refractivity contribution in [3.05, 3.63) is 53.6 Å². The van der Waals surface area contributed by atoms with E-state index in [1.165, 1.54) is 0 Å². The maximum Gasteiger partial charge on any atom is 0.239 e. The second kappa shape index (κ2) is 5.58. The summed E-state index contributed by atoms with van der Waals surface area (Å²) in [7, 11) is 1.67. The van der Waals surface area contributed by atoms with E-state index in [0.29, 0.717) is 10.9 Å². The minimum atomic E-state index is -0.0460. The van der Waals surface area contributed by atoms with E-state index >= 15 is 0 Å². The van der Waals surface area contributed by atoms with Gasteiger partial charge in [0.05, 0.1) is 17.8 Å². The average Bonchev–Trinajstić information content (AvgIpc) is 2.63. The highest BCUT2D eigenvalue weighted by Crippen LogP contribution is 2.36. The zero-order chi connectivity index (χ0) is 14.8. The average molecular weight is 300 g/mol. The number of rotatable bonds is 1. The molecule has 1 N–H and O–H groups in total. The molecular formula is C16H14ClN3O. The zero-order valence-corrected chi connectivity index (χ0v) is 12.3. The van der Waals surface area contributed by atoms with Gasteiger partial charge >= 0.3 is 0 Å². The fraction of sp³-hybridized carbons (Fsp3) is 0.125. The van der Waals surface area contributed by atoms with Gasteiger partial charge in [0, 0.05) is 17.8 Å². The van der Waals surface area contributed by atoms with E-state index in [2.05, 4.69) is 10.3 Å². The number of carbonyl (C=O) groups excluding carboxylic acids is 1. The Kier molecular flexibility index (Phi) is 3.62. The predicted octanol–water partition coefficient (Wildman–Crippen LogP) is 3.85. The topological polar surface area (TPSA) is 44.7 Å². The number of hydrogen-bond donors (Lipinski definition) is 1. The van der Waals surface area contributed by atoms with Crippen LogP contribution in [0, 0.1) is 0 Å². The smallest absolute Gasteiger partial charge is 0.239 e. The third kappa shape index (κ3) is 2.62. The Morgan fingerprint density at radius 3 is 2.67 bits per heavy atom. The van der Waals surface area contributed by atoms with Crippen molar-refractivity contribution in [3.8, 4) is 0 Å². The number of amidine groups is 1. The summed E-state index contributed by atoms with van der Waals surface area (Å²) in [6.07, 6.45) is 0.220. The first kappa shape index (κ1) is 13.6. The van der Waals surface area contributed by atoms with Crippen molar-refractivity contribution < 1.29 is 4.79 Å². The number of aliphatic imine (C=N–C) groups is 1. The number of halogens is 1. The van der Waals surface area contributed by atoms with E-state index in [0.717, 1.165) is 17.1 Å². The summed E-state index contributed by atoms with van der Waals surface area (Å²) in [4.78, 5) is 18.4. The van der Waals surface area contributed by atoms with Crippen LogP contribution in [0.3, 0.4) is 0 Å². The fourth-order valence-corrected chi connectivity index (χ4v) is 2.51. The van der Waals surface area contributed by atoms with Gasteiger partial charge in [-0.05, 0) is 30.3 Å². The molecular weight excluding hydrogens is 286 g/mol. The van der Waals surface area contributed by atoms with Gasteiger partial charge in [0.25, 0.3) is 0 Å². The number of amides is 1.